The van der Waals surface area contributed by atoms with Gasteiger partial charge in [-0.1, -0.05) is 28.1 Å². The molecule has 0 heterocycles. The molecule has 2 saturated carbocycles. The van der Waals surface area contributed by atoms with Crippen molar-refractivity contribution in [2.24, 2.45) is 17.8 Å². The highest BCUT2D eigenvalue weighted by atomic mass is 79.9. The van der Waals surface area contributed by atoms with Crippen LogP contribution in [0.1, 0.15) is 50.4 Å². The van der Waals surface area contributed by atoms with Gasteiger partial charge in [-0.25, -0.2) is 4.79 Å². The minimum Gasteiger partial charge on any atom is -0.444 e. The monoisotopic (exact) mass is 450 g/mol. The summed E-state index contributed by atoms with van der Waals surface area (Å²) in [6, 6.07) is 6.31. The zero-order valence-corrected chi connectivity index (χ0v) is 18.0. The molecule has 2 N–H and O–H groups in total. The van der Waals surface area contributed by atoms with E-state index >= 15 is 0 Å². The summed E-state index contributed by atoms with van der Waals surface area (Å²) in [4.78, 5) is 37.4. The second-order valence-electron chi connectivity index (χ2n) is 8.67. The summed E-state index contributed by atoms with van der Waals surface area (Å²) in [5.41, 5.74) is -0.108. The predicted molar refractivity (Wildman–Crippen MR) is 109 cm³/mol. The Kier molecular flexibility index (Phi) is 6.12. The number of amides is 2. The Morgan fingerprint density at radius 1 is 1.18 bits per heavy atom. The molecule has 1 aromatic carbocycles. The molecule has 2 aliphatic rings. The number of carbonyl (C=O) groups is 3. The van der Waals surface area contributed by atoms with Gasteiger partial charge in [-0.2, -0.15) is 0 Å². The van der Waals surface area contributed by atoms with E-state index in [1.54, 1.807) is 45.0 Å². The molecular weight excluding hydrogens is 424 g/mol. The number of fused-ring (bicyclic) bond motifs is 1. The number of Topliss-reactive ketones (excluding diaryl/α,β-unsaturated/α-hetero) is 1. The van der Waals surface area contributed by atoms with Crippen molar-refractivity contribution in [2.45, 2.75) is 51.7 Å². The van der Waals surface area contributed by atoms with Gasteiger partial charge < -0.3 is 15.4 Å². The van der Waals surface area contributed by atoms with Crippen molar-refractivity contribution in [1.82, 2.24) is 10.6 Å². The number of ketones is 1. The van der Waals surface area contributed by atoms with Crippen molar-refractivity contribution >= 4 is 33.7 Å². The Labute approximate surface area is 173 Å². The zero-order valence-electron chi connectivity index (χ0n) is 16.5. The maximum Gasteiger partial charge on any atom is 0.408 e. The molecule has 3 rings (SSSR count). The smallest absolute Gasteiger partial charge is 0.408 e. The van der Waals surface area contributed by atoms with Crippen molar-refractivity contribution in [2.75, 3.05) is 6.54 Å². The molecule has 0 spiro atoms. The molecule has 0 bridgehead atoms. The number of ether oxygens (including phenoxy) is 1. The van der Waals surface area contributed by atoms with Crippen LogP contribution >= 0.6 is 15.9 Å². The molecule has 152 valence electrons. The largest absolute Gasteiger partial charge is 0.444 e. The highest BCUT2D eigenvalue weighted by Crippen LogP contribution is 2.56. The minimum atomic E-state index is -0.676. The SMILES string of the molecule is CC(C)(C)OC(=O)NC(C(=O)NCC(=O)c1ccc(Br)cc1)C1CCC2C[C@@H]21. The van der Waals surface area contributed by atoms with E-state index in [1.165, 1.54) is 0 Å². The molecule has 2 fully saturated rings. The summed E-state index contributed by atoms with van der Waals surface area (Å²) in [5.74, 6) is 0.750. The third kappa shape index (κ3) is 5.34. The molecule has 7 heteroatoms. The van der Waals surface area contributed by atoms with Crippen LogP contribution in [0.25, 0.3) is 0 Å². The Morgan fingerprint density at radius 3 is 2.39 bits per heavy atom. The second kappa shape index (κ2) is 8.23. The number of hydrogen-bond donors (Lipinski definition) is 2. The van der Waals surface area contributed by atoms with E-state index < -0.39 is 17.7 Å². The van der Waals surface area contributed by atoms with Crippen LogP contribution in [0.15, 0.2) is 28.7 Å². The first-order valence-electron chi connectivity index (χ1n) is 9.70. The first-order valence-corrected chi connectivity index (χ1v) is 10.5. The van der Waals surface area contributed by atoms with Crippen LogP contribution in [0, 0.1) is 17.8 Å². The zero-order chi connectivity index (χ0) is 20.5. The van der Waals surface area contributed by atoms with E-state index in [0.29, 0.717) is 17.4 Å². The maximum absolute atomic E-state index is 12.8. The van der Waals surface area contributed by atoms with Crippen LogP contribution < -0.4 is 10.6 Å². The molecule has 2 aliphatic carbocycles. The van der Waals surface area contributed by atoms with Gasteiger partial charge in [0.15, 0.2) is 5.78 Å². The summed E-state index contributed by atoms with van der Waals surface area (Å²) in [5, 5.41) is 5.46. The molecule has 4 atom stereocenters. The first kappa shape index (κ1) is 20.8. The molecule has 0 radical (unpaired) electrons. The third-order valence-corrected chi connectivity index (χ3v) is 5.90. The van der Waals surface area contributed by atoms with Gasteiger partial charge in [-0.15, -0.1) is 0 Å². The van der Waals surface area contributed by atoms with E-state index in [1.807, 2.05) is 0 Å². The lowest BCUT2D eigenvalue weighted by molar-refractivity contribution is -0.124. The fourth-order valence-electron chi connectivity index (χ4n) is 3.98. The number of benzene rings is 1. The summed E-state index contributed by atoms with van der Waals surface area (Å²) < 4.78 is 6.22. The number of nitrogens with one attached hydrogen (secondary N) is 2. The van der Waals surface area contributed by atoms with E-state index in [9.17, 15) is 14.4 Å². The Morgan fingerprint density at radius 2 is 1.86 bits per heavy atom. The van der Waals surface area contributed by atoms with Crippen LogP contribution in [-0.4, -0.2) is 36.0 Å². The molecule has 0 saturated heterocycles. The lowest BCUT2D eigenvalue weighted by Crippen LogP contribution is -2.52. The van der Waals surface area contributed by atoms with Gasteiger partial charge in [0.05, 0.1) is 6.54 Å². The van der Waals surface area contributed by atoms with Crippen LogP contribution in [0.4, 0.5) is 4.79 Å². The Balaban J connectivity index is 1.62. The van der Waals surface area contributed by atoms with Crippen LogP contribution in [-0.2, 0) is 9.53 Å². The summed E-state index contributed by atoms with van der Waals surface area (Å²) in [7, 11) is 0. The molecule has 1 aromatic rings. The van der Waals surface area contributed by atoms with Gasteiger partial charge in [0.1, 0.15) is 11.6 Å². The van der Waals surface area contributed by atoms with E-state index in [-0.39, 0.29) is 24.2 Å². The van der Waals surface area contributed by atoms with Crippen LogP contribution in [0.2, 0.25) is 0 Å². The fraction of sp³-hybridized carbons (Fsp3) is 0.571. The van der Waals surface area contributed by atoms with Crippen molar-refractivity contribution in [3.63, 3.8) is 0 Å². The number of rotatable bonds is 6. The van der Waals surface area contributed by atoms with E-state index in [4.69, 9.17) is 4.74 Å². The van der Waals surface area contributed by atoms with Gasteiger partial charge in [-0.05, 0) is 69.9 Å². The molecule has 3 unspecified atom stereocenters. The van der Waals surface area contributed by atoms with E-state index in [2.05, 4.69) is 26.6 Å². The molecule has 0 aromatic heterocycles. The maximum atomic E-state index is 12.8. The summed E-state index contributed by atoms with van der Waals surface area (Å²) in [6.07, 6.45) is 2.51. The third-order valence-electron chi connectivity index (χ3n) is 5.37. The molecule has 6 nitrogen and oxygen atoms in total. The lowest BCUT2D eigenvalue weighted by Gasteiger charge is -2.27. The quantitative estimate of drug-likeness (QED) is 0.647. The van der Waals surface area contributed by atoms with Gasteiger partial charge in [-0.3, -0.25) is 9.59 Å². The van der Waals surface area contributed by atoms with Crippen molar-refractivity contribution in [3.05, 3.63) is 34.3 Å². The van der Waals surface area contributed by atoms with Gasteiger partial charge in [0, 0.05) is 10.0 Å². The van der Waals surface area contributed by atoms with Crippen LogP contribution in [0.5, 0.6) is 0 Å². The normalized spacial score (nSPS) is 24.1. The number of halogens is 1. The average molecular weight is 451 g/mol. The lowest BCUT2D eigenvalue weighted by atomic mass is 9.93. The molecule has 0 aliphatic heterocycles. The number of alkyl carbamates (subject to hydrolysis) is 1. The Hall–Kier alpha value is -1.89. The fourth-order valence-corrected chi connectivity index (χ4v) is 4.24. The van der Waals surface area contributed by atoms with Crippen molar-refractivity contribution < 1.29 is 19.1 Å². The van der Waals surface area contributed by atoms with Gasteiger partial charge >= 0.3 is 6.09 Å². The average Bonchev–Trinajstić information content (AvgIpc) is 3.27. The molecular formula is C21H27BrN2O4. The Bertz CT molecular complexity index is 757. The highest BCUT2D eigenvalue weighted by Gasteiger charge is 2.52. The van der Waals surface area contributed by atoms with Crippen molar-refractivity contribution in [1.29, 1.82) is 0 Å². The number of carbonyl (C=O) groups excluding carboxylic acids is 3. The van der Waals surface area contributed by atoms with Crippen LogP contribution in [0.3, 0.4) is 0 Å². The predicted octanol–water partition coefficient (Wildman–Crippen LogP) is 3.69. The van der Waals surface area contributed by atoms with Crippen molar-refractivity contribution in [3.8, 4) is 0 Å². The second-order valence-corrected chi connectivity index (χ2v) is 9.59. The summed E-state index contributed by atoms with van der Waals surface area (Å²) in [6.45, 7) is 5.24. The van der Waals surface area contributed by atoms with Gasteiger partial charge in [0.2, 0.25) is 5.91 Å². The molecule has 2 amide bonds. The standard InChI is InChI=1S/C21H27BrN2O4/c1-21(2,3)28-20(27)24-18(15-9-6-13-10-16(13)15)19(26)23-11-17(25)12-4-7-14(22)8-5-12/h4-5,7-8,13,15-16,18H,6,9-11H2,1-3H3,(H,23,26)(H,24,27)/t13?,15?,16-,18?/m0/s1. The minimum absolute atomic E-state index is 0.0975. The topological polar surface area (TPSA) is 84.5 Å². The highest BCUT2D eigenvalue weighted by molar-refractivity contribution is 9.10. The van der Waals surface area contributed by atoms with Gasteiger partial charge in [0.25, 0.3) is 0 Å². The first-order chi connectivity index (χ1) is 13.1. The summed E-state index contributed by atoms with van der Waals surface area (Å²) >= 11 is 3.33. The molecule has 28 heavy (non-hydrogen) atoms. The number of hydrogen-bond acceptors (Lipinski definition) is 4. The van der Waals surface area contributed by atoms with E-state index in [0.717, 1.165) is 23.7 Å².